The van der Waals surface area contributed by atoms with Crippen LogP contribution < -0.4 is 11.1 Å². The summed E-state index contributed by atoms with van der Waals surface area (Å²) in [5, 5.41) is 21.3. The number of nitrogen functional groups attached to an aromatic ring is 1. The fourth-order valence-electron chi connectivity index (χ4n) is 1.90. The van der Waals surface area contributed by atoms with E-state index in [4.69, 9.17) is 16.3 Å². The number of carbonyl (C=O) groups is 1. The van der Waals surface area contributed by atoms with Gasteiger partial charge in [0.25, 0.3) is 0 Å². The average molecular weight is 331 g/mol. The molecule has 1 rings (SSSR count). The highest BCUT2D eigenvalue weighted by Gasteiger charge is 2.13. The first-order chi connectivity index (χ1) is 10.9. The molecule has 0 aliphatic carbocycles. The largest absolute Gasteiger partial charge is 0.383 e. The van der Waals surface area contributed by atoms with E-state index in [2.05, 4.69) is 24.1 Å². The van der Waals surface area contributed by atoms with Crippen molar-refractivity contribution in [2.45, 2.75) is 44.7 Å². The summed E-state index contributed by atoms with van der Waals surface area (Å²) in [7, 11) is 0. The standard InChI is InChI=1S/C16H21N5OS/c1-10(2)4-5-11(3)20-14(22)9-23-16-13(8-18)6-12(7-17)15(19)21-16/h6,10-11H,4-5,9H2,1-3H3,(H2,19,21)(H,20,22)/t11-/m1/s1. The molecule has 0 radical (unpaired) electrons. The minimum atomic E-state index is -0.111. The summed E-state index contributed by atoms with van der Waals surface area (Å²) in [5.74, 6) is 0.714. The minimum absolute atomic E-state index is 0.0692. The van der Waals surface area contributed by atoms with Gasteiger partial charge in [0.2, 0.25) is 5.91 Å². The monoisotopic (exact) mass is 331 g/mol. The van der Waals surface area contributed by atoms with E-state index in [9.17, 15) is 4.79 Å². The van der Waals surface area contributed by atoms with Crippen molar-refractivity contribution >= 4 is 23.5 Å². The number of rotatable bonds is 7. The summed E-state index contributed by atoms with van der Waals surface area (Å²) in [6.07, 6.45) is 1.99. The molecule has 1 atom stereocenters. The molecule has 0 fully saturated rings. The average Bonchev–Trinajstić information content (AvgIpc) is 2.51. The number of aromatic nitrogens is 1. The fourth-order valence-corrected chi connectivity index (χ4v) is 2.67. The number of hydrogen-bond acceptors (Lipinski definition) is 6. The first kappa shape index (κ1) is 18.8. The summed E-state index contributed by atoms with van der Waals surface area (Å²) in [6.45, 7) is 6.27. The SMILES string of the molecule is CC(C)CC[C@@H](C)NC(=O)CSc1nc(N)c(C#N)cc1C#N. The minimum Gasteiger partial charge on any atom is -0.383 e. The van der Waals surface area contributed by atoms with Crippen molar-refractivity contribution in [1.82, 2.24) is 10.3 Å². The van der Waals surface area contributed by atoms with Crippen LogP contribution in [0.3, 0.4) is 0 Å². The summed E-state index contributed by atoms with van der Waals surface area (Å²) in [6, 6.07) is 5.36. The van der Waals surface area contributed by atoms with Gasteiger partial charge < -0.3 is 11.1 Å². The van der Waals surface area contributed by atoms with Gasteiger partial charge >= 0.3 is 0 Å². The zero-order valence-electron chi connectivity index (χ0n) is 13.6. The van der Waals surface area contributed by atoms with Crippen LogP contribution in [0.5, 0.6) is 0 Å². The van der Waals surface area contributed by atoms with Crippen LogP contribution in [0.1, 0.15) is 44.7 Å². The van der Waals surface area contributed by atoms with Crippen LogP contribution in [0.2, 0.25) is 0 Å². The molecule has 0 aromatic carbocycles. The van der Waals surface area contributed by atoms with E-state index in [1.54, 1.807) is 0 Å². The van der Waals surface area contributed by atoms with Crippen molar-refractivity contribution in [2.24, 2.45) is 5.92 Å². The second-order valence-electron chi connectivity index (χ2n) is 5.73. The third kappa shape index (κ3) is 6.17. The number of nitriles is 2. The molecule has 0 aliphatic rings. The lowest BCUT2D eigenvalue weighted by molar-refractivity contribution is -0.119. The maximum Gasteiger partial charge on any atom is 0.230 e. The summed E-state index contributed by atoms with van der Waals surface area (Å²) < 4.78 is 0. The van der Waals surface area contributed by atoms with Crippen molar-refractivity contribution in [3.8, 4) is 12.1 Å². The number of nitrogens with one attached hydrogen (secondary N) is 1. The van der Waals surface area contributed by atoms with E-state index in [1.165, 1.54) is 6.07 Å². The molecule has 0 spiro atoms. The molecule has 1 amide bonds. The highest BCUT2D eigenvalue weighted by atomic mass is 32.2. The molecule has 0 saturated carbocycles. The highest BCUT2D eigenvalue weighted by molar-refractivity contribution is 8.00. The van der Waals surface area contributed by atoms with Crippen LogP contribution in [0.4, 0.5) is 5.82 Å². The molecule has 0 unspecified atom stereocenters. The lowest BCUT2D eigenvalue weighted by Crippen LogP contribution is -2.34. The molecule has 0 saturated heterocycles. The zero-order chi connectivity index (χ0) is 17.4. The number of nitrogens with zero attached hydrogens (tertiary/aromatic N) is 3. The summed E-state index contributed by atoms with van der Waals surface area (Å²) in [4.78, 5) is 16.0. The maximum atomic E-state index is 12.0. The van der Waals surface area contributed by atoms with Gasteiger partial charge in [-0.05, 0) is 31.7 Å². The molecule has 1 heterocycles. The van der Waals surface area contributed by atoms with Crippen molar-refractivity contribution < 1.29 is 4.79 Å². The van der Waals surface area contributed by atoms with Gasteiger partial charge in [0.15, 0.2) is 0 Å². The van der Waals surface area contributed by atoms with Crippen LogP contribution >= 0.6 is 11.8 Å². The fraction of sp³-hybridized carbons (Fsp3) is 0.500. The Labute approximate surface area is 141 Å². The van der Waals surface area contributed by atoms with E-state index in [-0.39, 0.29) is 34.6 Å². The number of anilines is 1. The van der Waals surface area contributed by atoms with Gasteiger partial charge in [0.1, 0.15) is 23.0 Å². The first-order valence-electron chi connectivity index (χ1n) is 7.40. The number of carbonyl (C=O) groups excluding carboxylic acids is 1. The molecular formula is C16H21N5OS. The van der Waals surface area contributed by atoms with Gasteiger partial charge in [-0.2, -0.15) is 10.5 Å². The molecule has 1 aromatic heterocycles. The van der Waals surface area contributed by atoms with Crippen LogP contribution in [-0.4, -0.2) is 22.7 Å². The second-order valence-corrected chi connectivity index (χ2v) is 6.69. The first-order valence-corrected chi connectivity index (χ1v) is 8.38. The van der Waals surface area contributed by atoms with Gasteiger partial charge in [-0.15, -0.1) is 0 Å². The van der Waals surface area contributed by atoms with Gasteiger partial charge in [0.05, 0.1) is 16.9 Å². The van der Waals surface area contributed by atoms with Crippen LogP contribution in [0.15, 0.2) is 11.1 Å². The normalized spacial score (nSPS) is 11.6. The molecule has 23 heavy (non-hydrogen) atoms. The molecule has 7 heteroatoms. The number of pyridine rings is 1. The lowest BCUT2D eigenvalue weighted by Gasteiger charge is -2.15. The predicted molar refractivity (Wildman–Crippen MR) is 90.5 cm³/mol. The Hall–Kier alpha value is -2.25. The van der Waals surface area contributed by atoms with Gasteiger partial charge in [-0.3, -0.25) is 4.79 Å². The Bertz CT molecular complexity index is 645. The second kappa shape index (κ2) is 9.02. The lowest BCUT2D eigenvalue weighted by atomic mass is 10.0. The Morgan fingerprint density at radius 2 is 1.96 bits per heavy atom. The van der Waals surface area contributed by atoms with Crippen LogP contribution in [-0.2, 0) is 4.79 Å². The Morgan fingerprint density at radius 3 is 2.52 bits per heavy atom. The van der Waals surface area contributed by atoms with Crippen molar-refractivity contribution in [1.29, 1.82) is 10.5 Å². The smallest absolute Gasteiger partial charge is 0.230 e. The van der Waals surface area contributed by atoms with Gasteiger partial charge in [0, 0.05) is 6.04 Å². The van der Waals surface area contributed by atoms with Crippen LogP contribution in [0.25, 0.3) is 0 Å². The molecular weight excluding hydrogens is 310 g/mol. The quantitative estimate of drug-likeness (QED) is 0.741. The highest BCUT2D eigenvalue weighted by Crippen LogP contribution is 2.23. The van der Waals surface area contributed by atoms with E-state index < -0.39 is 0 Å². The van der Waals surface area contributed by atoms with Crippen molar-refractivity contribution in [3.05, 3.63) is 17.2 Å². The topological polar surface area (TPSA) is 116 Å². The molecule has 3 N–H and O–H groups in total. The summed E-state index contributed by atoms with van der Waals surface area (Å²) in [5.41, 5.74) is 6.07. The van der Waals surface area contributed by atoms with Crippen LogP contribution in [0, 0.1) is 28.6 Å². The Kier molecular flexibility index (Phi) is 7.37. The third-order valence-electron chi connectivity index (χ3n) is 3.18. The molecule has 0 bridgehead atoms. The third-order valence-corrected chi connectivity index (χ3v) is 4.17. The number of hydrogen-bond donors (Lipinski definition) is 2. The summed E-state index contributed by atoms with van der Waals surface area (Å²) >= 11 is 1.14. The van der Waals surface area contributed by atoms with Gasteiger partial charge in [-0.25, -0.2) is 4.98 Å². The Morgan fingerprint density at radius 1 is 1.30 bits per heavy atom. The Balaban J connectivity index is 2.61. The van der Waals surface area contributed by atoms with Crippen molar-refractivity contribution in [2.75, 3.05) is 11.5 Å². The molecule has 1 aromatic rings. The number of nitrogens with two attached hydrogens (primary N) is 1. The molecule has 122 valence electrons. The predicted octanol–water partition coefficient (Wildman–Crippen LogP) is 2.44. The van der Waals surface area contributed by atoms with Gasteiger partial charge in [-0.1, -0.05) is 25.6 Å². The van der Waals surface area contributed by atoms with E-state index in [0.29, 0.717) is 10.9 Å². The number of amides is 1. The zero-order valence-corrected chi connectivity index (χ0v) is 14.4. The van der Waals surface area contributed by atoms with Crippen molar-refractivity contribution in [3.63, 3.8) is 0 Å². The van der Waals surface area contributed by atoms with E-state index >= 15 is 0 Å². The van der Waals surface area contributed by atoms with E-state index in [1.807, 2.05) is 19.1 Å². The molecule has 6 nitrogen and oxygen atoms in total. The molecule has 0 aliphatic heterocycles. The maximum absolute atomic E-state index is 12.0. The number of thioether (sulfide) groups is 1. The van der Waals surface area contributed by atoms with E-state index in [0.717, 1.165) is 24.6 Å².